The van der Waals surface area contributed by atoms with Crippen LogP contribution in [0.4, 0.5) is 4.39 Å². The average molecular weight is 374 g/mol. The minimum Gasteiger partial charge on any atom is -0.508 e. The fraction of sp³-hybridized carbons (Fsp3) is 0.273. The van der Waals surface area contributed by atoms with Crippen molar-refractivity contribution >= 4 is 24.1 Å². The van der Waals surface area contributed by atoms with E-state index in [9.17, 15) is 9.50 Å². The van der Waals surface area contributed by atoms with Crippen molar-refractivity contribution in [3.8, 4) is 5.75 Å². The van der Waals surface area contributed by atoms with Crippen LogP contribution in [0.25, 0.3) is 11.6 Å². The molecule has 2 aromatic carbocycles. The molecule has 138 valence electrons. The molecule has 1 atom stereocenters. The summed E-state index contributed by atoms with van der Waals surface area (Å²) < 4.78 is 13.1. The number of rotatable bonds is 4. The first-order chi connectivity index (χ1) is 12.0. The zero-order valence-corrected chi connectivity index (χ0v) is 16.0. The average Bonchev–Trinajstić information content (AvgIpc) is 2.58. The molecule has 0 radical (unpaired) electrons. The van der Waals surface area contributed by atoms with E-state index in [0.29, 0.717) is 5.92 Å². The van der Waals surface area contributed by atoms with Crippen molar-refractivity contribution in [2.24, 2.45) is 5.92 Å². The molecule has 0 saturated heterocycles. The van der Waals surface area contributed by atoms with E-state index in [2.05, 4.69) is 37.2 Å². The van der Waals surface area contributed by atoms with Gasteiger partial charge in [0, 0.05) is 6.54 Å². The summed E-state index contributed by atoms with van der Waals surface area (Å²) in [6.45, 7) is 0.977. The molecule has 1 N–H and O–H groups in total. The first-order valence-electron chi connectivity index (χ1n) is 8.63. The number of hydrogen-bond acceptors (Lipinski definition) is 2. The molecule has 0 aromatic heterocycles. The van der Waals surface area contributed by atoms with Crippen molar-refractivity contribution in [2.75, 3.05) is 20.6 Å². The predicted molar refractivity (Wildman–Crippen MR) is 109 cm³/mol. The summed E-state index contributed by atoms with van der Waals surface area (Å²) in [4.78, 5) is 2.20. The Kier molecular flexibility index (Phi) is 7.01. The molecule has 1 unspecified atom stereocenters. The maximum Gasteiger partial charge on any atom is 0.123 e. The van der Waals surface area contributed by atoms with Gasteiger partial charge >= 0.3 is 0 Å². The molecule has 4 heteroatoms. The van der Waals surface area contributed by atoms with Gasteiger partial charge in [-0.2, -0.15) is 0 Å². The number of benzene rings is 2. The van der Waals surface area contributed by atoms with Gasteiger partial charge in [-0.05, 0) is 79.4 Å². The Morgan fingerprint density at radius 3 is 2.54 bits per heavy atom. The van der Waals surface area contributed by atoms with Crippen LogP contribution in [-0.4, -0.2) is 30.6 Å². The quantitative estimate of drug-likeness (QED) is 0.776. The lowest BCUT2D eigenvalue weighted by molar-refractivity contribution is 0.352. The second-order valence-electron chi connectivity index (χ2n) is 6.92. The molecule has 0 saturated carbocycles. The summed E-state index contributed by atoms with van der Waals surface area (Å²) in [5, 5.41) is 9.85. The van der Waals surface area contributed by atoms with Crippen LogP contribution in [0.1, 0.15) is 24.0 Å². The van der Waals surface area contributed by atoms with Gasteiger partial charge in [0.2, 0.25) is 0 Å². The summed E-state index contributed by atoms with van der Waals surface area (Å²) in [5.74, 6) is 0.506. The number of aromatic hydroxyl groups is 1. The number of nitrogens with zero attached hydrogens (tertiary/aromatic N) is 1. The molecular formula is C22H25ClFNO. The highest BCUT2D eigenvalue weighted by molar-refractivity contribution is 5.85. The Morgan fingerprint density at radius 1 is 1.15 bits per heavy atom. The summed E-state index contributed by atoms with van der Waals surface area (Å²) >= 11 is 0. The first-order valence-corrected chi connectivity index (χ1v) is 8.63. The standard InChI is InChI=1S/C22H24FNO.ClH/c1-24(2)15-19-9-6-17(12-16-7-10-20(23)11-8-16)13-22(19)18-4-3-5-21(25)14-18;/h3-5,7-8,10-14,19,25H,6,9,15H2,1-2H3;1H/b17-12+;. The van der Waals surface area contributed by atoms with Gasteiger partial charge in [0.05, 0.1) is 0 Å². The van der Waals surface area contributed by atoms with E-state index in [1.807, 2.05) is 12.1 Å². The monoisotopic (exact) mass is 373 g/mol. The van der Waals surface area contributed by atoms with E-state index >= 15 is 0 Å². The second kappa shape index (κ2) is 9.02. The lowest BCUT2D eigenvalue weighted by Gasteiger charge is -2.28. The predicted octanol–water partition coefficient (Wildman–Crippen LogP) is 5.39. The van der Waals surface area contributed by atoms with Crippen molar-refractivity contribution in [3.05, 3.63) is 77.1 Å². The van der Waals surface area contributed by atoms with Gasteiger partial charge < -0.3 is 10.0 Å². The largest absolute Gasteiger partial charge is 0.508 e. The van der Waals surface area contributed by atoms with E-state index in [1.54, 1.807) is 18.2 Å². The number of phenols is 1. The van der Waals surface area contributed by atoms with Gasteiger partial charge in [-0.3, -0.25) is 0 Å². The van der Waals surface area contributed by atoms with Gasteiger partial charge in [-0.1, -0.05) is 36.4 Å². The lowest BCUT2D eigenvalue weighted by Crippen LogP contribution is -2.24. The summed E-state index contributed by atoms with van der Waals surface area (Å²) in [7, 11) is 4.17. The molecule has 0 amide bonds. The zero-order chi connectivity index (χ0) is 17.8. The zero-order valence-electron chi connectivity index (χ0n) is 15.2. The molecule has 1 aliphatic rings. The summed E-state index contributed by atoms with van der Waals surface area (Å²) in [6, 6.07) is 14.0. The van der Waals surface area contributed by atoms with Crippen LogP contribution in [-0.2, 0) is 0 Å². The summed E-state index contributed by atoms with van der Waals surface area (Å²) in [6.07, 6.45) is 6.41. The molecule has 2 aromatic rings. The van der Waals surface area contributed by atoms with Crippen molar-refractivity contribution in [2.45, 2.75) is 12.8 Å². The van der Waals surface area contributed by atoms with Crippen LogP contribution >= 0.6 is 12.4 Å². The van der Waals surface area contributed by atoms with Gasteiger partial charge in [-0.15, -0.1) is 12.4 Å². The van der Waals surface area contributed by atoms with Gasteiger partial charge in [-0.25, -0.2) is 4.39 Å². The third kappa shape index (κ3) is 5.20. The van der Waals surface area contributed by atoms with Crippen LogP contribution in [0.2, 0.25) is 0 Å². The third-order valence-electron chi connectivity index (χ3n) is 4.55. The Balaban J connectivity index is 0.00000243. The van der Waals surface area contributed by atoms with E-state index in [-0.39, 0.29) is 24.0 Å². The molecule has 0 aliphatic heterocycles. The van der Waals surface area contributed by atoms with Crippen LogP contribution in [0.5, 0.6) is 5.75 Å². The molecular weight excluding hydrogens is 349 g/mol. The second-order valence-corrected chi connectivity index (χ2v) is 6.92. The molecule has 0 bridgehead atoms. The lowest BCUT2D eigenvalue weighted by atomic mass is 9.81. The number of allylic oxidation sites excluding steroid dienone is 2. The highest BCUT2D eigenvalue weighted by atomic mass is 35.5. The fourth-order valence-corrected chi connectivity index (χ4v) is 3.41. The van der Waals surface area contributed by atoms with E-state index in [0.717, 1.165) is 30.5 Å². The van der Waals surface area contributed by atoms with Crippen LogP contribution < -0.4 is 0 Å². The van der Waals surface area contributed by atoms with E-state index < -0.39 is 0 Å². The normalized spacial score (nSPS) is 18.5. The van der Waals surface area contributed by atoms with Crippen molar-refractivity contribution in [1.29, 1.82) is 0 Å². The first kappa shape index (κ1) is 20.2. The molecule has 3 rings (SSSR count). The maximum absolute atomic E-state index is 13.1. The van der Waals surface area contributed by atoms with E-state index in [1.165, 1.54) is 23.3 Å². The molecule has 0 fully saturated rings. The van der Waals surface area contributed by atoms with Gasteiger partial charge in [0.25, 0.3) is 0 Å². The molecule has 2 nitrogen and oxygen atoms in total. The minimum absolute atomic E-state index is 0. The molecule has 0 spiro atoms. The van der Waals surface area contributed by atoms with Crippen molar-refractivity contribution in [1.82, 2.24) is 4.90 Å². The topological polar surface area (TPSA) is 23.5 Å². The third-order valence-corrected chi connectivity index (χ3v) is 4.55. The Hall–Kier alpha value is -2.10. The van der Waals surface area contributed by atoms with Crippen molar-refractivity contribution < 1.29 is 9.50 Å². The highest BCUT2D eigenvalue weighted by Gasteiger charge is 2.22. The SMILES string of the molecule is CN(C)CC1CC/C(=C\c2ccc(F)cc2)C=C1c1cccc(O)c1.Cl. The van der Waals surface area contributed by atoms with Crippen LogP contribution in [0, 0.1) is 11.7 Å². The molecule has 0 heterocycles. The Bertz CT molecular complexity index is 796. The number of halogens is 2. The van der Waals surface area contributed by atoms with Gasteiger partial charge in [0.1, 0.15) is 11.6 Å². The number of hydrogen-bond donors (Lipinski definition) is 1. The van der Waals surface area contributed by atoms with Gasteiger partial charge in [0.15, 0.2) is 0 Å². The fourth-order valence-electron chi connectivity index (χ4n) is 3.41. The highest BCUT2D eigenvalue weighted by Crippen LogP contribution is 2.36. The Morgan fingerprint density at radius 2 is 1.88 bits per heavy atom. The minimum atomic E-state index is -0.215. The van der Waals surface area contributed by atoms with Crippen LogP contribution in [0.15, 0.2) is 60.2 Å². The summed E-state index contributed by atoms with van der Waals surface area (Å²) in [5.41, 5.74) is 4.56. The Labute approximate surface area is 161 Å². The van der Waals surface area contributed by atoms with E-state index in [4.69, 9.17) is 0 Å². The van der Waals surface area contributed by atoms with Crippen molar-refractivity contribution in [3.63, 3.8) is 0 Å². The maximum atomic E-state index is 13.1. The smallest absolute Gasteiger partial charge is 0.123 e. The van der Waals surface area contributed by atoms with Crippen LogP contribution in [0.3, 0.4) is 0 Å². The molecule has 1 aliphatic carbocycles. The number of phenolic OH excluding ortho intramolecular Hbond substituents is 1. The molecule has 26 heavy (non-hydrogen) atoms.